The van der Waals surface area contributed by atoms with Gasteiger partial charge < -0.3 is 15.0 Å². The van der Waals surface area contributed by atoms with Gasteiger partial charge in [0, 0.05) is 32.8 Å². The summed E-state index contributed by atoms with van der Waals surface area (Å²) in [5, 5.41) is 15.2. The fourth-order valence-corrected chi connectivity index (χ4v) is 3.02. The van der Waals surface area contributed by atoms with Crippen molar-refractivity contribution in [3.63, 3.8) is 0 Å². The van der Waals surface area contributed by atoms with Gasteiger partial charge in [0.15, 0.2) is 5.82 Å². The average molecular weight is 355 g/mol. The molecule has 132 valence electrons. The van der Waals surface area contributed by atoms with Gasteiger partial charge in [-0.25, -0.2) is 4.98 Å². The Kier molecular flexibility index (Phi) is 6.39. The van der Waals surface area contributed by atoms with Crippen molar-refractivity contribution in [1.29, 1.82) is 0 Å². The molecule has 0 spiro atoms. The summed E-state index contributed by atoms with van der Waals surface area (Å²) < 4.78 is 5.75. The molecule has 2 heterocycles. The lowest BCUT2D eigenvalue weighted by Gasteiger charge is -2.37. The second kappa shape index (κ2) is 8.30. The highest BCUT2D eigenvalue weighted by molar-refractivity contribution is 6.29. The molecule has 1 aromatic heterocycles. The molecule has 1 aliphatic rings. The lowest BCUT2D eigenvalue weighted by molar-refractivity contribution is -0.440. The highest BCUT2D eigenvalue weighted by Crippen LogP contribution is 2.32. The Morgan fingerprint density at radius 3 is 2.79 bits per heavy atom. The van der Waals surface area contributed by atoms with Crippen molar-refractivity contribution < 1.29 is 9.66 Å². The first-order chi connectivity index (χ1) is 11.5. The predicted octanol–water partition coefficient (Wildman–Crippen LogP) is 2.99. The Morgan fingerprint density at radius 2 is 2.25 bits per heavy atom. The number of nitro groups is 1. The average Bonchev–Trinajstić information content (AvgIpc) is 2.56. The van der Waals surface area contributed by atoms with E-state index in [0.29, 0.717) is 37.0 Å². The number of nitrogens with one attached hydrogen (secondary N) is 1. The second-order valence-corrected chi connectivity index (χ2v) is 6.08. The van der Waals surface area contributed by atoms with E-state index in [2.05, 4.69) is 10.3 Å². The van der Waals surface area contributed by atoms with Crippen molar-refractivity contribution in [1.82, 2.24) is 15.2 Å². The van der Waals surface area contributed by atoms with E-state index in [1.165, 1.54) is 0 Å². The molecule has 1 aliphatic heterocycles. The van der Waals surface area contributed by atoms with Gasteiger partial charge in [0.1, 0.15) is 11.4 Å². The minimum atomic E-state index is -0.282. The van der Waals surface area contributed by atoms with Crippen LogP contribution in [0.5, 0.6) is 0 Å². The molecule has 2 unspecified atom stereocenters. The molecule has 0 aliphatic carbocycles. The van der Waals surface area contributed by atoms with E-state index in [0.717, 1.165) is 5.56 Å². The smallest absolute Gasteiger partial charge is 0.289 e. The minimum Gasteiger partial charge on any atom is -0.362 e. The number of rotatable bonds is 7. The number of nitrogens with zero attached hydrogens (tertiary/aromatic N) is 3. The van der Waals surface area contributed by atoms with E-state index in [4.69, 9.17) is 16.3 Å². The minimum absolute atomic E-state index is 0.140. The van der Waals surface area contributed by atoms with E-state index in [-0.39, 0.29) is 22.8 Å². The van der Waals surface area contributed by atoms with Gasteiger partial charge in [-0.3, -0.25) is 10.1 Å². The molecule has 7 nitrogen and oxygen atoms in total. The number of aromatic nitrogens is 1. The number of pyridine rings is 1. The molecule has 1 aromatic rings. The number of halogens is 1. The van der Waals surface area contributed by atoms with Crippen molar-refractivity contribution in [3.8, 4) is 0 Å². The molecule has 0 amide bonds. The molecule has 0 radical (unpaired) electrons. The first-order valence-electron chi connectivity index (χ1n) is 8.05. The predicted molar refractivity (Wildman–Crippen MR) is 91.7 cm³/mol. The fraction of sp³-hybridized carbons (Fsp3) is 0.562. The lowest BCUT2D eigenvalue weighted by atomic mass is 9.93. The monoisotopic (exact) mass is 354 g/mol. The third-order valence-corrected chi connectivity index (χ3v) is 4.42. The van der Waals surface area contributed by atoms with E-state index >= 15 is 0 Å². The van der Waals surface area contributed by atoms with Gasteiger partial charge in [-0.2, -0.15) is 0 Å². The van der Waals surface area contributed by atoms with E-state index < -0.39 is 0 Å². The van der Waals surface area contributed by atoms with Crippen LogP contribution in [0.2, 0.25) is 5.15 Å². The highest BCUT2D eigenvalue weighted by atomic mass is 35.5. The van der Waals surface area contributed by atoms with Crippen LogP contribution in [-0.4, -0.2) is 34.7 Å². The van der Waals surface area contributed by atoms with Crippen molar-refractivity contribution >= 4 is 11.6 Å². The van der Waals surface area contributed by atoms with E-state index in [9.17, 15) is 10.1 Å². The Balaban J connectivity index is 2.27. The summed E-state index contributed by atoms with van der Waals surface area (Å²) in [5.74, 6) is 0.366. The van der Waals surface area contributed by atoms with Crippen LogP contribution in [0.1, 0.15) is 32.3 Å². The first-order valence-corrected chi connectivity index (χ1v) is 8.43. The van der Waals surface area contributed by atoms with Crippen molar-refractivity contribution in [2.75, 3.05) is 13.7 Å². The Morgan fingerprint density at radius 1 is 1.50 bits per heavy atom. The molecular formula is C16H23ClN4O3. The summed E-state index contributed by atoms with van der Waals surface area (Å²) >= 11 is 5.79. The summed E-state index contributed by atoms with van der Waals surface area (Å²) in [5.41, 5.74) is 1.12. The Bertz CT molecular complexity index is 606. The normalized spacial score (nSPS) is 21.1. The Hall–Kier alpha value is -1.86. The van der Waals surface area contributed by atoms with Gasteiger partial charge >= 0.3 is 0 Å². The zero-order chi connectivity index (χ0) is 17.7. The third kappa shape index (κ3) is 4.15. The second-order valence-electron chi connectivity index (χ2n) is 5.70. The summed E-state index contributed by atoms with van der Waals surface area (Å²) in [6, 6.07) is 3.54. The number of hydrogen-bond acceptors (Lipinski definition) is 6. The summed E-state index contributed by atoms with van der Waals surface area (Å²) in [4.78, 5) is 17.2. The van der Waals surface area contributed by atoms with Gasteiger partial charge in [0.05, 0.1) is 10.8 Å². The molecule has 2 atom stereocenters. The van der Waals surface area contributed by atoms with E-state index in [1.807, 2.05) is 31.9 Å². The van der Waals surface area contributed by atoms with Crippen LogP contribution in [0.15, 0.2) is 29.8 Å². The Labute approximate surface area is 146 Å². The van der Waals surface area contributed by atoms with Crippen LogP contribution in [0, 0.1) is 16.0 Å². The summed E-state index contributed by atoms with van der Waals surface area (Å²) in [6.45, 7) is 4.88. The van der Waals surface area contributed by atoms with E-state index in [1.54, 1.807) is 12.3 Å². The van der Waals surface area contributed by atoms with Crippen LogP contribution in [0.25, 0.3) is 0 Å². The maximum absolute atomic E-state index is 11.6. The summed E-state index contributed by atoms with van der Waals surface area (Å²) in [7, 11) is 1.82. The van der Waals surface area contributed by atoms with Gasteiger partial charge in [-0.1, -0.05) is 24.6 Å². The highest BCUT2D eigenvalue weighted by Gasteiger charge is 2.39. The molecule has 0 saturated carbocycles. The number of allylic oxidation sites excluding steroid dienone is 1. The fourth-order valence-electron chi connectivity index (χ4n) is 2.91. The number of hydrogen-bond donors (Lipinski definition) is 1. The SMILES string of the molecule is CCOC1CC(CC)C([N+](=O)[O-])=C(NCc2ccc(Cl)nc2)N1C. The van der Waals surface area contributed by atoms with Gasteiger partial charge in [0.2, 0.25) is 0 Å². The van der Waals surface area contributed by atoms with Gasteiger partial charge in [-0.15, -0.1) is 0 Å². The van der Waals surface area contributed by atoms with Crippen LogP contribution >= 0.6 is 11.6 Å². The van der Waals surface area contributed by atoms with Crippen LogP contribution < -0.4 is 5.32 Å². The standard InChI is InChI=1S/C16H23ClN4O3/c1-4-12-8-14(24-5-2)20(3)16(15(12)21(22)23)19-10-11-6-7-13(17)18-9-11/h6-7,9,12,14,19H,4-5,8,10H2,1-3H3. The van der Waals surface area contributed by atoms with Crippen molar-refractivity contribution in [2.24, 2.45) is 5.92 Å². The van der Waals surface area contributed by atoms with Crippen LogP contribution in [-0.2, 0) is 11.3 Å². The van der Waals surface area contributed by atoms with Gasteiger partial charge in [0.25, 0.3) is 5.70 Å². The third-order valence-electron chi connectivity index (χ3n) is 4.20. The van der Waals surface area contributed by atoms with Gasteiger partial charge in [-0.05, 0) is 25.0 Å². The topological polar surface area (TPSA) is 80.5 Å². The zero-order valence-electron chi connectivity index (χ0n) is 14.2. The van der Waals surface area contributed by atoms with Crippen molar-refractivity contribution in [2.45, 2.75) is 39.5 Å². The molecule has 2 rings (SSSR count). The van der Waals surface area contributed by atoms with Crippen LogP contribution in [0.4, 0.5) is 0 Å². The molecule has 0 bridgehead atoms. The molecular weight excluding hydrogens is 332 g/mol. The molecule has 8 heteroatoms. The molecule has 0 aromatic carbocycles. The molecule has 0 fully saturated rings. The van der Waals surface area contributed by atoms with Crippen LogP contribution in [0.3, 0.4) is 0 Å². The molecule has 24 heavy (non-hydrogen) atoms. The quantitative estimate of drug-likeness (QED) is 0.460. The maximum atomic E-state index is 11.6. The lowest BCUT2D eigenvalue weighted by Crippen LogP contribution is -2.46. The number of ether oxygens (including phenoxy) is 1. The zero-order valence-corrected chi connectivity index (χ0v) is 14.9. The summed E-state index contributed by atoms with van der Waals surface area (Å²) in [6.07, 6.45) is 2.79. The maximum Gasteiger partial charge on any atom is 0.289 e. The largest absolute Gasteiger partial charge is 0.362 e. The van der Waals surface area contributed by atoms with Crippen molar-refractivity contribution in [3.05, 3.63) is 50.7 Å². The molecule has 0 saturated heterocycles. The molecule has 1 N–H and O–H groups in total. The first kappa shape index (κ1) is 18.5.